The van der Waals surface area contributed by atoms with Crippen molar-refractivity contribution in [3.8, 4) is 0 Å². The van der Waals surface area contributed by atoms with Crippen LogP contribution in [0.1, 0.15) is 31.0 Å². The second-order valence-corrected chi connectivity index (χ2v) is 7.71. The standard InChI is InChI=1S/C20H25N7O/c28-19-4-1-2-9-26(19)15-14-24-12-7-16(8-13-24)20-22-21-17-5-6-18(23-27(17)20)25-10-3-11-25/h1-2,4-6,9,16H,3,7-8,10-15H2. The first-order chi connectivity index (χ1) is 13.8. The van der Waals surface area contributed by atoms with Gasteiger partial charge in [-0.2, -0.15) is 4.52 Å². The molecule has 0 bridgehead atoms. The molecule has 146 valence electrons. The number of aromatic nitrogens is 5. The van der Waals surface area contributed by atoms with Gasteiger partial charge in [0, 0.05) is 44.4 Å². The quantitative estimate of drug-likeness (QED) is 0.667. The number of fused-ring (bicyclic) bond motifs is 1. The fourth-order valence-electron chi connectivity index (χ4n) is 4.07. The van der Waals surface area contributed by atoms with Gasteiger partial charge >= 0.3 is 0 Å². The molecule has 3 aromatic rings. The Morgan fingerprint density at radius 2 is 1.82 bits per heavy atom. The summed E-state index contributed by atoms with van der Waals surface area (Å²) in [5, 5.41) is 13.6. The van der Waals surface area contributed by atoms with Crippen molar-refractivity contribution < 1.29 is 0 Å². The Balaban J connectivity index is 1.24. The van der Waals surface area contributed by atoms with Crippen LogP contribution in [0.25, 0.3) is 5.65 Å². The van der Waals surface area contributed by atoms with Crippen LogP contribution in [-0.4, -0.2) is 62.0 Å². The van der Waals surface area contributed by atoms with Crippen LogP contribution >= 0.6 is 0 Å². The van der Waals surface area contributed by atoms with Gasteiger partial charge in [0.2, 0.25) is 0 Å². The van der Waals surface area contributed by atoms with Crippen LogP contribution in [0.2, 0.25) is 0 Å². The van der Waals surface area contributed by atoms with E-state index < -0.39 is 0 Å². The van der Waals surface area contributed by atoms with Gasteiger partial charge in [-0.3, -0.25) is 4.79 Å². The summed E-state index contributed by atoms with van der Waals surface area (Å²) in [6.07, 6.45) is 5.18. The first-order valence-electron chi connectivity index (χ1n) is 10.1. The molecule has 2 fully saturated rings. The molecule has 0 aromatic carbocycles. The highest BCUT2D eigenvalue weighted by Gasteiger charge is 2.26. The number of pyridine rings is 1. The largest absolute Gasteiger partial charge is 0.355 e. The Labute approximate surface area is 163 Å². The fourth-order valence-corrected chi connectivity index (χ4v) is 4.07. The summed E-state index contributed by atoms with van der Waals surface area (Å²) < 4.78 is 3.72. The highest BCUT2D eigenvalue weighted by molar-refractivity contribution is 5.47. The molecule has 28 heavy (non-hydrogen) atoms. The molecule has 8 nitrogen and oxygen atoms in total. The molecule has 0 saturated carbocycles. The Hall–Kier alpha value is -2.74. The normalized spacial score (nSPS) is 18.5. The molecule has 2 aliphatic heterocycles. The van der Waals surface area contributed by atoms with E-state index in [2.05, 4.69) is 20.0 Å². The summed E-state index contributed by atoms with van der Waals surface area (Å²) in [6, 6.07) is 9.37. The van der Waals surface area contributed by atoms with Crippen LogP contribution in [-0.2, 0) is 6.54 Å². The Morgan fingerprint density at radius 1 is 0.964 bits per heavy atom. The lowest BCUT2D eigenvalue weighted by Gasteiger charge is -2.32. The van der Waals surface area contributed by atoms with Crippen LogP contribution < -0.4 is 10.5 Å². The Morgan fingerprint density at radius 3 is 2.57 bits per heavy atom. The third kappa shape index (κ3) is 3.28. The molecule has 3 aromatic heterocycles. The zero-order chi connectivity index (χ0) is 18.9. The summed E-state index contributed by atoms with van der Waals surface area (Å²) in [7, 11) is 0. The first-order valence-corrected chi connectivity index (χ1v) is 10.1. The van der Waals surface area contributed by atoms with Crippen molar-refractivity contribution in [3.63, 3.8) is 0 Å². The van der Waals surface area contributed by atoms with Gasteiger partial charge in [-0.25, -0.2) is 0 Å². The predicted molar refractivity (Wildman–Crippen MR) is 107 cm³/mol. The molecular formula is C20H25N7O. The minimum absolute atomic E-state index is 0.0661. The van der Waals surface area contributed by atoms with Crippen LogP contribution in [0, 0.1) is 0 Å². The van der Waals surface area contributed by atoms with Gasteiger partial charge < -0.3 is 14.4 Å². The maximum absolute atomic E-state index is 11.8. The van der Waals surface area contributed by atoms with Crippen LogP contribution in [0.4, 0.5) is 5.82 Å². The average Bonchev–Trinajstić information content (AvgIpc) is 3.10. The van der Waals surface area contributed by atoms with Crippen molar-refractivity contribution in [1.29, 1.82) is 0 Å². The minimum atomic E-state index is 0.0661. The number of piperidine rings is 1. The lowest BCUT2D eigenvalue weighted by Crippen LogP contribution is -2.38. The van der Waals surface area contributed by atoms with Crippen molar-refractivity contribution in [3.05, 3.63) is 52.7 Å². The molecule has 0 spiro atoms. The van der Waals surface area contributed by atoms with E-state index in [0.717, 1.165) is 69.4 Å². The molecule has 0 unspecified atom stereocenters. The molecule has 2 saturated heterocycles. The topological polar surface area (TPSA) is 71.6 Å². The molecule has 2 aliphatic rings. The van der Waals surface area contributed by atoms with Crippen molar-refractivity contribution in [2.45, 2.75) is 31.7 Å². The average molecular weight is 379 g/mol. The SMILES string of the molecule is O=c1ccccn1CCN1CCC(c2nnc3ccc(N4CCC4)nn23)CC1. The van der Waals surface area contributed by atoms with E-state index in [1.165, 1.54) is 6.42 Å². The van der Waals surface area contributed by atoms with E-state index >= 15 is 0 Å². The zero-order valence-electron chi connectivity index (χ0n) is 15.9. The van der Waals surface area contributed by atoms with Gasteiger partial charge in [0.1, 0.15) is 5.82 Å². The monoisotopic (exact) mass is 379 g/mol. The van der Waals surface area contributed by atoms with Crippen LogP contribution in [0.5, 0.6) is 0 Å². The number of hydrogen-bond acceptors (Lipinski definition) is 6. The lowest BCUT2D eigenvalue weighted by molar-refractivity contribution is 0.201. The van der Waals surface area contributed by atoms with Crippen molar-refractivity contribution in [2.24, 2.45) is 0 Å². The molecule has 0 atom stereocenters. The molecule has 0 aliphatic carbocycles. The second-order valence-electron chi connectivity index (χ2n) is 7.71. The third-order valence-electron chi connectivity index (χ3n) is 5.96. The maximum atomic E-state index is 11.8. The zero-order valence-corrected chi connectivity index (χ0v) is 15.9. The van der Waals surface area contributed by atoms with Gasteiger partial charge in [-0.1, -0.05) is 6.07 Å². The number of hydrogen-bond donors (Lipinski definition) is 0. The van der Waals surface area contributed by atoms with Gasteiger partial charge in [-0.05, 0) is 50.6 Å². The lowest BCUT2D eigenvalue weighted by atomic mass is 9.96. The summed E-state index contributed by atoms with van der Waals surface area (Å²) in [5.41, 5.74) is 0.890. The molecule has 0 amide bonds. The molecule has 5 rings (SSSR count). The predicted octanol–water partition coefficient (Wildman–Crippen LogP) is 1.38. The number of nitrogens with zero attached hydrogens (tertiary/aromatic N) is 7. The molecule has 5 heterocycles. The molecular weight excluding hydrogens is 354 g/mol. The third-order valence-corrected chi connectivity index (χ3v) is 5.96. The summed E-state index contributed by atoms with van der Waals surface area (Å²) >= 11 is 0. The van der Waals surface area contributed by atoms with E-state index in [1.807, 2.05) is 28.9 Å². The summed E-state index contributed by atoms with van der Waals surface area (Å²) in [5.74, 6) is 2.38. The van der Waals surface area contributed by atoms with Gasteiger partial charge in [0.25, 0.3) is 5.56 Å². The van der Waals surface area contributed by atoms with E-state index in [1.54, 1.807) is 16.7 Å². The van der Waals surface area contributed by atoms with Crippen molar-refractivity contribution >= 4 is 11.5 Å². The highest BCUT2D eigenvalue weighted by atomic mass is 16.1. The van der Waals surface area contributed by atoms with Crippen LogP contribution in [0.3, 0.4) is 0 Å². The Kier molecular flexibility index (Phi) is 4.56. The molecule has 0 radical (unpaired) electrons. The van der Waals surface area contributed by atoms with Gasteiger partial charge in [0.15, 0.2) is 11.5 Å². The smallest absolute Gasteiger partial charge is 0.250 e. The fraction of sp³-hybridized carbons (Fsp3) is 0.500. The maximum Gasteiger partial charge on any atom is 0.250 e. The number of likely N-dealkylation sites (tertiary alicyclic amines) is 1. The minimum Gasteiger partial charge on any atom is -0.355 e. The summed E-state index contributed by atoms with van der Waals surface area (Å²) in [4.78, 5) is 16.6. The number of rotatable bonds is 5. The first kappa shape index (κ1) is 17.4. The van der Waals surface area contributed by atoms with Gasteiger partial charge in [0.05, 0.1) is 0 Å². The number of anilines is 1. The molecule has 8 heteroatoms. The van der Waals surface area contributed by atoms with Gasteiger partial charge in [-0.15, -0.1) is 15.3 Å². The highest BCUT2D eigenvalue weighted by Crippen LogP contribution is 2.27. The van der Waals surface area contributed by atoms with E-state index in [4.69, 9.17) is 5.10 Å². The molecule has 0 N–H and O–H groups in total. The van der Waals surface area contributed by atoms with Crippen LogP contribution in [0.15, 0.2) is 41.3 Å². The Bertz CT molecular complexity index is 1010. The van der Waals surface area contributed by atoms with E-state index in [9.17, 15) is 4.79 Å². The van der Waals surface area contributed by atoms with Crippen molar-refractivity contribution in [2.75, 3.05) is 37.6 Å². The van der Waals surface area contributed by atoms with Crippen molar-refractivity contribution in [1.82, 2.24) is 29.3 Å². The van der Waals surface area contributed by atoms with E-state index in [0.29, 0.717) is 5.92 Å². The summed E-state index contributed by atoms with van der Waals surface area (Å²) in [6.45, 7) is 5.81. The van der Waals surface area contributed by atoms with E-state index in [-0.39, 0.29) is 5.56 Å². The second kappa shape index (κ2) is 7.35.